The highest BCUT2D eigenvalue weighted by Gasteiger charge is 2.30. The summed E-state index contributed by atoms with van der Waals surface area (Å²) >= 11 is 1.38. The minimum atomic E-state index is -0.674. The van der Waals surface area contributed by atoms with Gasteiger partial charge < -0.3 is 14.8 Å². The molecule has 1 unspecified atom stereocenters. The van der Waals surface area contributed by atoms with Crippen molar-refractivity contribution in [2.24, 2.45) is 0 Å². The highest BCUT2D eigenvalue weighted by molar-refractivity contribution is 7.99. The van der Waals surface area contributed by atoms with E-state index >= 15 is 0 Å². The molecule has 1 aliphatic heterocycles. The number of nitrogens with zero attached hydrogens (tertiary/aromatic N) is 4. The van der Waals surface area contributed by atoms with E-state index in [0.29, 0.717) is 21.9 Å². The third-order valence-electron chi connectivity index (χ3n) is 6.49. The Bertz CT molecular complexity index is 1710. The summed E-state index contributed by atoms with van der Waals surface area (Å²) < 4.78 is 12.7. The molecular weight excluding hydrogens is 522 g/mol. The molecule has 3 heterocycles. The fourth-order valence-electron chi connectivity index (χ4n) is 4.60. The number of carbonyl (C=O) groups excluding carboxylic acids is 3. The number of rotatable bonds is 6. The molecule has 4 aromatic rings. The maximum atomic E-state index is 13.5. The molecule has 5 rings (SSSR count). The summed E-state index contributed by atoms with van der Waals surface area (Å²) in [5.74, 6) is -1.28. The van der Waals surface area contributed by atoms with Gasteiger partial charge in [-0.3, -0.25) is 14.2 Å². The van der Waals surface area contributed by atoms with E-state index in [4.69, 9.17) is 14.5 Å². The van der Waals surface area contributed by atoms with Crippen molar-refractivity contribution in [3.63, 3.8) is 0 Å². The van der Waals surface area contributed by atoms with Crippen LogP contribution in [0.25, 0.3) is 16.7 Å². The Morgan fingerprint density at radius 1 is 1.08 bits per heavy atom. The van der Waals surface area contributed by atoms with Gasteiger partial charge in [-0.2, -0.15) is 5.10 Å². The van der Waals surface area contributed by atoms with E-state index in [1.165, 1.54) is 54.9 Å². The lowest BCUT2D eigenvalue weighted by Gasteiger charge is -2.15. The van der Waals surface area contributed by atoms with Crippen LogP contribution in [0.3, 0.4) is 0 Å². The maximum absolute atomic E-state index is 13.5. The summed E-state index contributed by atoms with van der Waals surface area (Å²) in [5.41, 5.74) is 3.49. The zero-order chi connectivity index (χ0) is 27.8. The Labute approximate surface area is 227 Å². The number of anilines is 1. The first kappa shape index (κ1) is 26.2. The van der Waals surface area contributed by atoms with Crippen LogP contribution in [0.1, 0.15) is 44.3 Å². The smallest absolute Gasteiger partial charge is 0.339 e. The van der Waals surface area contributed by atoms with Crippen LogP contribution in [0.15, 0.2) is 52.5 Å². The molecule has 0 fully saturated rings. The van der Waals surface area contributed by atoms with Crippen molar-refractivity contribution >= 4 is 46.3 Å². The maximum Gasteiger partial charge on any atom is 0.339 e. The molecule has 1 N–H and O–H groups in total. The molecule has 200 valence electrons. The fourth-order valence-corrected chi connectivity index (χ4v) is 5.73. The Morgan fingerprint density at radius 3 is 2.56 bits per heavy atom. The number of methoxy groups -OCH3 is 2. The van der Waals surface area contributed by atoms with Gasteiger partial charge in [0.2, 0.25) is 5.91 Å². The molecule has 0 spiro atoms. The lowest BCUT2D eigenvalue weighted by atomic mass is 10.1. The van der Waals surface area contributed by atoms with Gasteiger partial charge in [0.05, 0.1) is 49.0 Å². The number of esters is 2. The molecular formula is C27H25N5O6S. The Kier molecular flexibility index (Phi) is 6.96. The summed E-state index contributed by atoms with van der Waals surface area (Å²) in [6.07, 6.45) is 1.44. The van der Waals surface area contributed by atoms with Gasteiger partial charge in [0, 0.05) is 12.2 Å². The molecule has 0 saturated heterocycles. The number of benzene rings is 2. The van der Waals surface area contributed by atoms with Gasteiger partial charge in [0.15, 0.2) is 10.8 Å². The van der Waals surface area contributed by atoms with Crippen LogP contribution >= 0.6 is 11.8 Å². The van der Waals surface area contributed by atoms with Crippen molar-refractivity contribution in [3.8, 4) is 5.69 Å². The normalized spacial score (nSPS) is 14.2. The van der Waals surface area contributed by atoms with Crippen molar-refractivity contribution in [3.05, 3.63) is 75.2 Å². The molecule has 2 aromatic carbocycles. The summed E-state index contributed by atoms with van der Waals surface area (Å²) in [4.78, 5) is 55.5. The first-order valence-electron chi connectivity index (χ1n) is 12.0. The molecule has 1 atom stereocenters. The van der Waals surface area contributed by atoms with Crippen molar-refractivity contribution in [1.82, 2.24) is 19.3 Å². The number of hydrogen-bond donors (Lipinski definition) is 1. The number of fused-ring (bicyclic) bond motifs is 2. The average Bonchev–Trinajstić information content (AvgIpc) is 3.52. The third kappa shape index (κ3) is 4.78. The van der Waals surface area contributed by atoms with Crippen LogP contribution in [-0.2, 0) is 14.3 Å². The van der Waals surface area contributed by atoms with Gasteiger partial charge in [-0.25, -0.2) is 19.3 Å². The monoisotopic (exact) mass is 547 g/mol. The first-order valence-corrected chi connectivity index (χ1v) is 13.0. The van der Waals surface area contributed by atoms with Crippen LogP contribution < -0.4 is 10.9 Å². The van der Waals surface area contributed by atoms with E-state index in [-0.39, 0.29) is 28.8 Å². The second kappa shape index (κ2) is 10.4. The molecule has 2 aromatic heterocycles. The zero-order valence-electron chi connectivity index (χ0n) is 21.7. The highest BCUT2D eigenvalue weighted by Crippen LogP contribution is 2.34. The molecule has 12 heteroatoms. The number of carbonyl (C=O) groups is 3. The minimum absolute atomic E-state index is 0.0542. The van der Waals surface area contributed by atoms with Crippen LogP contribution in [-0.4, -0.2) is 57.1 Å². The molecule has 1 amide bonds. The minimum Gasteiger partial charge on any atom is -0.465 e. The largest absolute Gasteiger partial charge is 0.465 e. The number of hydrogen-bond acceptors (Lipinski definition) is 9. The van der Waals surface area contributed by atoms with Gasteiger partial charge >= 0.3 is 11.9 Å². The standard InChI is InChI=1S/C27H25N5O6S/c1-14-5-8-21(15(2)9-14)32-23-19(12-28-32)24(34)31-17(13-39-27(31)30-23)11-22(33)29-20-10-16(25(35)37-3)6-7-18(20)26(36)38-4/h5-10,12,17H,11,13H2,1-4H3,(H,29,33). The van der Waals surface area contributed by atoms with E-state index in [1.54, 1.807) is 4.68 Å². The SMILES string of the molecule is COC(=O)c1ccc(C(=O)OC)c(NC(=O)CC2CSc3nc4c(cnn4-c4ccc(C)cc4C)c(=O)n32)c1. The second-order valence-electron chi connectivity index (χ2n) is 9.11. The number of ether oxygens (including phenoxy) is 2. The molecule has 0 saturated carbocycles. The summed E-state index contributed by atoms with van der Waals surface area (Å²) in [5, 5.41) is 7.97. The number of nitrogens with one attached hydrogen (secondary N) is 1. The summed E-state index contributed by atoms with van der Waals surface area (Å²) in [7, 11) is 2.45. The summed E-state index contributed by atoms with van der Waals surface area (Å²) in [6.45, 7) is 3.99. The number of aromatic nitrogens is 4. The fraction of sp³-hybridized carbons (Fsp3) is 0.259. The second-order valence-corrected chi connectivity index (χ2v) is 10.1. The number of thioether (sulfide) groups is 1. The van der Waals surface area contributed by atoms with Crippen molar-refractivity contribution < 1.29 is 23.9 Å². The van der Waals surface area contributed by atoms with Gasteiger partial charge in [0.25, 0.3) is 5.56 Å². The topological polar surface area (TPSA) is 134 Å². The predicted molar refractivity (Wildman–Crippen MR) is 145 cm³/mol. The Morgan fingerprint density at radius 2 is 1.85 bits per heavy atom. The van der Waals surface area contributed by atoms with E-state index in [0.717, 1.165) is 16.8 Å². The number of aryl methyl sites for hydroxylation is 2. The van der Waals surface area contributed by atoms with Crippen LogP contribution in [0.5, 0.6) is 0 Å². The Balaban J connectivity index is 1.44. The van der Waals surface area contributed by atoms with Gasteiger partial charge in [-0.05, 0) is 43.7 Å². The van der Waals surface area contributed by atoms with Gasteiger partial charge in [-0.15, -0.1) is 0 Å². The van der Waals surface area contributed by atoms with Crippen molar-refractivity contribution in [2.45, 2.75) is 31.5 Å². The zero-order valence-corrected chi connectivity index (χ0v) is 22.5. The quantitative estimate of drug-likeness (QED) is 0.284. The van der Waals surface area contributed by atoms with E-state index in [9.17, 15) is 19.2 Å². The molecule has 1 aliphatic rings. The third-order valence-corrected chi connectivity index (χ3v) is 7.59. The van der Waals surface area contributed by atoms with Crippen LogP contribution in [0, 0.1) is 13.8 Å². The average molecular weight is 548 g/mol. The van der Waals surface area contributed by atoms with Gasteiger partial charge in [-0.1, -0.05) is 29.5 Å². The molecule has 11 nitrogen and oxygen atoms in total. The summed E-state index contributed by atoms with van der Waals surface area (Å²) in [6, 6.07) is 9.64. The van der Waals surface area contributed by atoms with Crippen LogP contribution in [0.2, 0.25) is 0 Å². The number of amides is 1. The van der Waals surface area contributed by atoms with Crippen molar-refractivity contribution in [2.75, 3.05) is 25.3 Å². The van der Waals surface area contributed by atoms with Crippen LogP contribution in [0.4, 0.5) is 5.69 Å². The van der Waals surface area contributed by atoms with Crippen molar-refractivity contribution in [1.29, 1.82) is 0 Å². The van der Waals surface area contributed by atoms with E-state index in [2.05, 4.69) is 10.4 Å². The molecule has 0 bridgehead atoms. The van der Waals surface area contributed by atoms with E-state index < -0.39 is 23.9 Å². The molecule has 0 aliphatic carbocycles. The lowest BCUT2D eigenvalue weighted by molar-refractivity contribution is -0.116. The highest BCUT2D eigenvalue weighted by atomic mass is 32.2. The molecule has 0 radical (unpaired) electrons. The van der Waals surface area contributed by atoms with E-state index in [1.807, 2.05) is 32.0 Å². The lowest BCUT2D eigenvalue weighted by Crippen LogP contribution is -2.28. The van der Waals surface area contributed by atoms with Gasteiger partial charge in [0.1, 0.15) is 5.39 Å². The first-order chi connectivity index (χ1) is 18.7. The Hall–Kier alpha value is -4.45. The molecule has 39 heavy (non-hydrogen) atoms. The predicted octanol–water partition coefficient (Wildman–Crippen LogP) is 3.45.